The Hall–Kier alpha value is -1.02. The summed E-state index contributed by atoms with van der Waals surface area (Å²) in [6, 6.07) is 6.33. The maximum absolute atomic E-state index is 13.3. The van der Waals surface area contributed by atoms with Crippen LogP contribution in [0.1, 0.15) is 18.7 Å². The van der Waals surface area contributed by atoms with Gasteiger partial charge >= 0.3 is 0 Å². The Kier molecular flexibility index (Phi) is 4.73. The largest absolute Gasteiger partial charge is 1.00 e. The predicted octanol–water partition coefficient (Wildman–Crippen LogP) is -0.0914. The van der Waals surface area contributed by atoms with E-state index >= 15 is 0 Å². The summed E-state index contributed by atoms with van der Waals surface area (Å²) in [5.74, 6) is 2.32. The molecule has 1 aromatic heterocycles. The summed E-state index contributed by atoms with van der Waals surface area (Å²) in [6.07, 6.45) is 3.47. The van der Waals surface area contributed by atoms with Gasteiger partial charge in [0.1, 0.15) is 5.82 Å². The molecule has 3 fully saturated rings. The fourth-order valence-corrected chi connectivity index (χ4v) is 4.12. The summed E-state index contributed by atoms with van der Waals surface area (Å²) in [4.78, 5) is 4.47. The molecule has 124 valence electrons. The standard InChI is InChI=1S/C17H21FN3O.HI/c1-21-7-5-12(6-8-21)14(11-21)10-16-19-17(20-22-16)13-3-2-4-15(18)9-13;/h2-4,9,12,14H,5-8,10-11H2,1H3;1H/q+1;/p-1. The molecule has 6 heteroatoms. The second kappa shape index (κ2) is 6.47. The fourth-order valence-electron chi connectivity index (χ4n) is 4.12. The van der Waals surface area contributed by atoms with E-state index in [2.05, 4.69) is 17.2 Å². The Morgan fingerprint density at radius 3 is 2.78 bits per heavy atom. The summed E-state index contributed by atoms with van der Waals surface area (Å²) in [7, 11) is 2.36. The predicted molar refractivity (Wildman–Crippen MR) is 80.4 cm³/mol. The molecular weight excluding hydrogens is 408 g/mol. The van der Waals surface area contributed by atoms with Crippen molar-refractivity contribution in [2.45, 2.75) is 19.3 Å². The molecule has 23 heavy (non-hydrogen) atoms. The van der Waals surface area contributed by atoms with Crippen LogP contribution in [-0.2, 0) is 6.42 Å². The highest BCUT2D eigenvalue weighted by Gasteiger charge is 2.43. The van der Waals surface area contributed by atoms with E-state index in [1.54, 1.807) is 12.1 Å². The fraction of sp³-hybridized carbons (Fsp3) is 0.529. The van der Waals surface area contributed by atoms with Crippen LogP contribution in [0.3, 0.4) is 0 Å². The van der Waals surface area contributed by atoms with Gasteiger partial charge < -0.3 is 33.0 Å². The van der Waals surface area contributed by atoms with Gasteiger partial charge in [0.25, 0.3) is 0 Å². The van der Waals surface area contributed by atoms with E-state index in [4.69, 9.17) is 4.52 Å². The Bertz CT molecular complexity index is 682. The lowest BCUT2D eigenvalue weighted by Gasteiger charge is -2.50. The molecule has 1 atom stereocenters. The Balaban J connectivity index is 0.00000156. The monoisotopic (exact) mass is 429 g/mol. The van der Waals surface area contributed by atoms with Crippen LogP contribution in [0.15, 0.2) is 28.8 Å². The molecule has 3 aliphatic rings. The van der Waals surface area contributed by atoms with E-state index in [9.17, 15) is 4.39 Å². The smallest absolute Gasteiger partial charge is 0.227 e. The molecule has 0 saturated carbocycles. The maximum atomic E-state index is 13.3. The summed E-state index contributed by atoms with van der Waals surface area (Å²) >= 11 is 0. The molecule has 5 rings (SSSR count). The quantitative estimate of drug-likeness (QED) is 0.506. The lowest BCUT2D eigenvalue weighted by molar-refractivity contribution is -0.929. The second-order valence-electron chi connectivity index (χ2n) is 7.07. The molecule has 1 unspecified atom stereocenters. The highest BCUT2D eigenvalue weighted by atomic mass is 127. The molecule has 1 aromatic carbocycles. The second-order valence-corrected chi connectivity index (χ2v) is 7.07. The van der Waals surface area contributed by atoms with E-state index in [0.717, 1.165) is 12.3 Å². The van der Waals surface area contributed by atoms with Gasteiger partial charge in [0.05, 0.1) is 26.7 Å². The number of hydrogen-bond donors (Lipinski definition) is 0. The van der Waals surface area contributed by atoms with Gasteiger partial charge in [0.15, 0.2) is 0 Å². The molecule has 0 N–H and O–H groups in total. The molecule has 0 radical (unpaired) electrons. The van der Waals surface area contributed by atoms with Crippen molar-refractivity contribution in [2.75, 3.05) is 26.7 Å². The lowest BCUT2D eigenvalue weighted by Crippen LogP contribution is -3.00. The molecule has 3 aliphatic heterocycles. The summed E-state index contributed by atoms with van der Waals surface area (Å²) in [5.41, 5.74) is 0.669. The van der Waals surface area contributed by atoms with Crippen molar-refractivity contribution in [1.82, 2.24) is 10.1 Å². The van der Waals surface area contributed by atoms with Crippen LogP contribution in [0, 0.1) is 17.7 Å². The van der Waals surface area contributed by atoms with Crippen LogP contribution in [0.25, 0.3) is 11.4 Å². The third-order valence-electron chi connectivity index (χ3n) is 5.41. The zero-order valence-electron chi connectivity index (χ0n) is 13.2. The number of piperidine rings is 3. The van der Waals surface area contributed by atoms with Gasteiger partial charge in [0, 0.05) is 30.7 Å². The van der Waals surface area contributed by atoms with Crippen molar-refractivity contribution in [1.29, 1.82) is 0 Å². The van der Waals surface area contributed by atoms with E-state index in [1.165, 1.54) is 49.1 Å². The third kappa shape index (κ3) is 3.42. The van der Waals surface area contributed by atoms with Crippen molar-refractivity contribution in [3.8, 4) is 11.4 Å². The normalized spacial score (nSPS) is 29.3. The number of benzene rings is 1. The van der Waals surface area contributed by atoms with Gasteiger partial charge in [-0.1, -0.05) is 17.3 Å². The Morgan fingerprint density at radius 2 is 2.09 bits per heavy atom. The molecule has 0 amide bonds. The SMILES string of the molecule is C[N+]12CCC(CC1)C(Cc1nc(-c3cccc(F)c3)no1)C2.[I-]. The zero-order chi connectivity index (χ0) is 15.2. The number of fused-ring (bicyclic) bond motifs is 3. The van der Waals surface area contributed by atoms with Crippen LogP contribution in [0.2, 0.25) is 0 Å². The first-order chi connectivity index (χ1) is 10.6. The molecule has 3 saturated heterocycles. The van der Waals surface area contributed by atoms with Gasteiger partial charge in [-0.05, 0) is 18.1 Å². The minimum atomic E-state index is -0.279. The molecule has 2 bridgehead atoms. The van der Waals surface area contributed by atoms with E-state index < -0.39 is 0 Å². The van der Waals surface area contributed by atoms with Gasteiger partial charge in [0.2, 0.25) is 11.7 Å². The number of aromatic nitrogens is 2. The average molecular weight is 429 g/mol. The number of hydrogen-bond acceptors (Lipinski definition) is 3. The lowest BCUT2D eigenvalue weighted by atomic mass is 9.76. The molecular formula is C17H21FIN3O. The van der Waals surface area contributed by atoms with E-state index in [0.29, 0.717) is 23.2 Å². The van der Waals surface area contributed by atoms with Crippen molar-refractivity contribution in [3.05, 3.63) is 36.0 Å². The van der Waals surface area contributed by atoms with Crippen molar-refractivity contribution >= 4 is 0 Å². The number of nitrogens with zero attached hydrogens (tertiary/aromatic N) is 3. The van der Waals surface area contributed by atoms with Crippen LogP contribution in [0.5, 0.6) is 0 Å². The molecule has 0 spiro atoms. The van der Waals surface area contributed by atoms with Gasteiger partial charge in [-0.3, -0.25) is 0 Å². The number of rotatable bonds is 3. The minimum absolute atomic E-state index is 0. The zero-order valence-corrected chi connectivity index (χ0v) is 15.4. The highest BCUT2D eigenvalue weighted by Crippen LogP contribution is 2.38. The number of quaternary nitrogens is 1. The van der Waals surface area contributed by atoms with Crippen molar-refractivity contribution in [3.63, 3.8) is 0 Å². The summed E-state index contributed by atoms with van der Waals surface area (Å²) < 4.78 is 19.9. The van der Waals surface area contributed by atoms with Crippen molar-refractivity contribution < 1.29 is 37.4 Å². The van der Waals surface area contributed by atoms with Crippen LogP contribution in [-0.4, -0.2) is 41.3 Å². The molecule has 4 heterocycles. The van der Waals surface area contributed by atoms with E-state index in [-0.39, 0.29) is 29.8 Å². The highest BCUT2D eigenvalue weighted by molar-refractivity contribution is 5.53. The third-order valence-corrected chi connectivity index (χ3v) is 5.41. The summed E-state index contributed by atoms with van der Waals surface area (Å²) in [5, 5.41) is 4.01. The molecule has 4 nitrogen and oxygen atoms in total. The first-order valence-corrected chi connectivity index (χ1v) is 8.03. The van der Waals surface area contributed by atoms with E-state index in [1.807, 2.05) is 0 Å². The first kappa shape index (κ1) is 16.8. The van der Waals surface area contributed by atoms with Gasteiger partial charge in [-0.25, -0.2) is 4.39 Å². The maximum Gasteiger partial charge on any atom is 0.227 e. The number of halogens is 2. The minimum Gasteiger partial charge on any atom is -1.00 e. The van der Waals surface area contributed by atoms with Crippen molar-refractivity contribution in [2.24, 2.45) is 11.8 Å². The Morgan fingerprint density at radius 1 is 1.30 bits per heavy atom. The first-order valence-electron chi connectivity index (χ1n) is 8.03. The topological polar surface area (TPSA) is 38.9 Å². The summed E-state index contributed by atoms with van der Waals surface area (Å²) in [6.45, 7) is 3.82. The Labute approximate surface area is 152 Å². The van der Waals surface area contributed by atoms with Gasteiger partial charge in [-0.2, -0.15) is 4.98 Å². The molecule has 2 aromatic rings. The van der Waals surface area contributed by atoms with Gasteiger partial charge in [-0.15, -0.1) is 0 Å². The van der Waals surface area contributed by atoms with Crippen LogP contribution in [0.4, 0.5) is 4.39 Å². The van der Waals surface area contributed by atoms with Crippen LogP contribution >= 0.6 is 0 Å². The average Bonchev–Trinajstić information content (AvgIpc) is 2.96. The van der Waals surface area contributed by atoms with Crippen LogP contribution < -0.4 is 24.0 Å². The molecule has 0 aliphatic carbocycles.